The van der Waals surface area contributed by atoms with Crippen LogP contribution in [0.2, 0.25) is 0 Å². The summed E-state index contributed by atoms with van der Waals surface area (Å²) >= 11 is 0. The third kappa shape index (κ3) is 3.08. The molecule has 1 saturated heterocycles. The number of anilines is 1. The fourth-order valence-electron chi connectivity index (χ4n) is 4.12. The maximum atomic E-state index is 4.91. The molecule has 2 aliphatic rings. The SMILES string of the molecule is CCCNCc1c(C)cc(C)nc1N1CC2CCCC2C1. The first-order valence-corrected chi connectivity index (χ1v) is 8.61. The summed E-state index contributed by atoms with van der Waals surface area (Å²) in [5, 5.41) is 3.56. The minimum Gasteiger partial charge on any atom is -0.356 e. The second kappa shape index (κ2) is 6.35. The van der Waals surface area contributed by atoms with Gasteiger partial charge in [0.25, 0.3) is 0 Å². The Bertz CT molecular complexity index is 485. The standard InChI is InChI=1S/C18H29N3/c1-4-8-19-10-17-13(2)9-14(3)20-18(17)21-11-15-6-5-7-16(15)12-21/h9,15-16,19H,4-8,10-12H2,1-3H3. The number of pyridine rings is 1. The van der Waals surface area contributed by atoms with Crippen LogP contribution in [0.25, 0.3) is 0 Å². The van der Waals surface area contributed by atoms with Crippen molar-refractivity contribution in [1.29, 1.82) is 0 Å². The molecule has 0 aromatic carbocycles. The molecule has 2 fully saturated rings. The van der Waals surface area contributed by atoms with E-state index in [0.717, 1.165) is 30.6 Å². The molecule has 0 amide bonds. The Balaban J connectivity index is 1.82. The van der Waals surface area contributed by atoms with Gasteiger partial charge >= 0.3 is 0 Å². The molecule has 0 spiro atoms. The van der Waals surface area contributed by atoms with Crippen molar-refractivity contribution in [2.24, 2.45) is 11.8 Å². The monoisotopic (exact) mass is 287 g/mol. The largest absolute Gasteiger partial charge is 0.356 e. The van der Waals surface area contributed by atoms with Gasteiger partial charge in [-0.2, -0.15) is 0 Å². The van der Waals surface area contributed by atoms with Crippen LogP contribution in [0.1, 0.15) is 49.4 Å². The molecule has 2 atom stereocenters. The van der Waals surface area contributed by atoms with Gasteiger partial charge in [0.1, 0.15) is 5.82 Å². The molecular weight excluding hydrogens is 258 g/mol. The summed E-state index contributed by atoms with van der Waals surface area (Å²) < 4.78 is 0. The van der Waals surface area contributed by atoms with E-state index in [-0.39, 0.29) is 0 Å². The average Bonchev–Trinajstić information content (AvgIpc) is 3.01. The number of nitrogens with zero attached hydrogens (tertiary/aromatic N) is 2. The highest BCUT2D eigenvalue weighted by Gasteiger charge is 2.37. The highest BCUT2D eigenvalue weighted by Crippen LogP contribution is 2.40. The Morgan fingerprint density at radius 3 is 2.62 bits per heavy atom. The minimum atomic E-state index is 0.920. The van der Waals surface area contributed by atoms with E-state index in [9.17, 15) is 0 Å². The zero-order chi connectivity index (χ0) is 14.8. The average molecular weight is 287 g/mol. The van der Waals surface area contributed by atoms with Gasteiger partial charge in [0, 0.05) is 30.9 Å². The highest BCUT2D eigenvalue weighted by atomic mass is 15.2. The number of rotatable bonds is 5. The second-order valence-corrected chi connectivity index (χ2v) is 6.92. The van der Waals surface area contributed by atoms with Crippen LogP contribution in [0.15, 0.2) is 6.07 Å². The van der Waals surface area contributed by atoms with E-state index in [1.165, 1.54) is 55.7 Å². The summed E-state index contributed by atoms with van der Waals surface area (Å²) in [4.78, 5) is 7.47. The molecule has 1 saturated carbocycles. The van der Waals surface area contributed by atoms with Crippen LogP contribution in [0, 0.1) is 25.7 Å². The first-order valence-electron chi connectivity index (χ1n) is 8.61. The third-order valence-electron chi connectivity index (χ3n) is 5.21. The van der Waals surface area contributed by atoms with Crippen LogP contribution in [-0.2, 0) is 6.54 Å². The maximum absolute atomic E-state index is 4.91. The van der Waals surface area contributed by atoms with Crippen LogP contribution in [0.4, 0.5) is 5.82 Å². The lowest BCUT2D eigenvalue weighted by Gasteiger charge is -2.24. The Kier molecular flexibility index (Phi) is 4.48. The van der Waals surface area contributed by atoms with E-state index in [1.807, 2.05) is 0 Å². The van der Waals surface area contributed by atoms with Crippen molar-refractivity contribution in [3.05, 3.63) is 22.9 Å². The van der Waals surface area contributed by atoms with E-state index in [0.29, 0.717) is 0 Å². The van der Waals surface area contributed by atoms with Crippen molar-refractivity contribution in [3.8, 4) is 0 Å². The van der Waals surface area contributed by atoms with Crippen molar-refractivity contribution in [2.75, 3.05) is 24.5 Å². The van der Waals surface area contributed by atoms with Crippen molar-refractivity contribution in [1.82, 2.24) is 10.3 Å². The Morgan fingerprint density at radius 1 is 1.24 bits per heavy atom. The molecule has 1 aromatic heterocycles. The molecule has 116 valence electrons. The first-order chi connectivity index (χ1) is 10.2. The number of aryl methyl sites for hydroxylation is 2. The van der Waals surface area contributed by atoms with Crippen LogP contribution in [0.5, 0.6) is 0 Å². The molecule has 2 unspecified atom stereocenters. The van der Waals surface area contributed by atoms with Crippen LogP contribution in [-0.4, -0.2) is 24.6 Å². The number of hydrogen-bond acceptors (Lipinski definition) is 3. The normalized spacial score (nSPS) is 24.6. The molecular formula is C18H29N3. The summed E-state index contributed by atoms with van der Waals surface area (Å²) in [7, 11) is 0. The Labute approximate surface area is 129 Å². The second-order valence-electron chi connectivity index (χ2n) is 6.92. The lowest BCUT2D eigenvalue weighted by atomic mass is 10.0. The topological polar surface area (TPSA) is 28.2 Å². The molecule has 0 bridgehead atoms. The minimum absolute atomic E-state index is 0.920. The molecule has 1 aromatic rings. The van der Waals surface area contributed by atoms with E-state index in [2.05, 4.69) is 37.1 Å². The van der Waals surface area contributed by atoms with Gasteiger partial charge in [-0.25, -0.2) is 4.98 Å². The number of aromatic nitrogens is 1. The predicted octanol–water partition coefficient (Wildman–Crippen LogP) is 3.43. The van der Waals surface area contributed by atoms with Crippen LogP contribution >= 0.6 is 0 Å². The number of fused-ring (bicyclic) bond motifs is 1. The lowest BCUT2D eigenvalue weighted by Crippen LogP contribution is -2.26. The molecule has 3 nitrogen and oxygen atoms in total. The van der Waals surface area contributed by atoms with Crippen LogP contribution < -0.4 is 10.2 Å². The summed E-state index contributed by atoms with van der Waals surface area (Å²) in [6.07, 6.45) is 5.47. The molecule has 3 heteroatoms. The highest BCUT2D eigenvalue weighted by molar-refractivity contribution is 5.52. The fourth-order valence-corrected chi connectivity index (χ4v) is 4.12. The van der Waals surface area contributed by atoms with Crippen molar-refractivity contribution in [2.45, 2.75) is 53.0 Å². The predicted molar refractivity (Wildman–Crippen MR) is 88.8 cm³/mol. The number of nitrogens with one attached hydrogen (secondary N) is 1. The van der Waals surface area contributed by atoms with Gasteiger partial charge in [0.15, 0.2) is 0 Å². The van der Waals surface area contributed by atoms with E-state index in [4.69, 9.17) is 4.98 Å². The summed E-state index contributed by atoms with van der Waals surface area (Å²) in [5.74, 6) is 3.10. The smallest absolute Gasteiger partial charge is 0.133 e. The van der Waals surface area contributed by atoms with Gasteiger partial charge in [-0.15, -0.1) is 0 Å². The van der Waals surface area contributed by atoms with Gasteiger partial charge in [0.05, 0.1) is 0 Å². The van der Waals surface area contributed by atoms with Gasteiger partial charge < -0.3 is 10.2 Å². The lowest BCUT2D eigenvalue weighted by molar-refractivity contribution is 0.494. The van der Waals surface area contributed by atoms with Gasteiger partial charge in [0.2, 0.25) is 0 Å². The molecule has 21 heavy (non-hydrogen) atoms. The van der Waals surface area contributed by atoms with Crippen molar-refractivity contribution in [3.63, 3.8) is 0 Å². The molecule has 0 radical (unpaired) electrons. The van der Waals surface area contributed by atoms with Crippen molar-refractivity contribution < 1.29 is 0 Å². The van der Waals surface area contributed by atoms with E-state index in [1.54, 1.807) is 0 Å². The van der Waals surface area contributed by atoms with Gasteiger partial charge in [-0.05, 0) is 63.1 Å². The van der Waals surface area contributed by atoms with E-state index < -0.39 is 0 Å². The maximum Gasteiger partial charge on any atom is 0.133 e. The molecule has 3 rings (SSSR count). The Morgan fingerprint density at radius 2 is 1.95 bits per heavy atom. The zero-order valence-electron chi connectivity index (χ0n) is 13.8. The Hall–Kier alpha value is -1.09. The summed E-state index contributed by atoms with van der Waals surface area (Å²) in [6, 6.07) is 2.23. The number of hydrogen-bond donors (Lipinski definition) is 1. The first kappa shape index (κ1) is 14.8. The third-order valence-corrected chi connectivity index (χ3v) is 5.21. The zero-order valence-corrected chi connectivity index (χ0v) is 13.8. The summed E-state index contributed by atoms with van der Waals surface area (Å²) in [6.45, 7) is 11.1. The molecule has 1 aliphatic heterocycles. The summed E-state index contributed by atoms with van der Waals surface area (Å²) in [5.41, 5.74) is 3.95. The van der Waals surface area contributed by atoms with Gasteiger partial charge in [-0.3, -0.25) is 0 Å². The quantitative estimate of drug-likeness (QED) is 0.841. The fraction of sp³-hybridized carbons (Fsp3) is 0.722. The van der Waals surface area contributed by atoms with Gasteiger partial charge in [-0.1, -0.05) is 13.3 Å². The van der Waals surface area contributed by atoms with E-state index >= 15 is 0 Å². The van der Waals surface area contributed by atoms with Crippen molar-refractivity contribution >= 4 is 5.82 Å². The van der Waals surface area contributed by atoms with Crippen LogP contribution in [0.3, 0.4) is 0 Å². The molecule has 2 heterocycles. The molecule has 1 N–H and O–H groups in total. The molecule has 1 aliphatic carbocycles.